The number of amides is 1. The van der Waals surface area contributed by atoms with Crippen LogP contribution in [0.25, 0.3) is 0 Å². The average Bonchev–Trinajstić information content (AvgIpc) is 2.96. The highest BCUT2D eigenvalue weighted by atomic mass is 16.2. The van der Waals surface area contributed by atoms with Crippen molar-refractivity contribution in [3.63, 3.8) is 0 Å². The molecule has 2 atom stereocenters. The number of carbonyl (C=O) groups excluding carboxylic acids is 1. The van der Waals surface area contributed by atoms with E-state index in [-0.39, 0.29) is 11.8 Å². The SMILES string of the molecule is CC(CN)C(=O)N1CCC(N2CCCC2)C1. The first-order chi connectivity index (χ1) is 7.72. The van der Waals surface area contributed by atoms with Gasteiger partial charge in [0.05, 0.1) is 0 Å². The predicted octanol–water partition coefficient (Wildman–Crippen LogP) is 0.278. The van der Waals surface area contributed by atoms with E-state index in [2.05, 4.69) is 4.90 Å². The molecule has 2 saturated heterocycles. The van der Waals surface area contributed by atoms with E-state index in [0.717, 1.165) is 19.5 Å². The van der Waals surface area contributed by atoms with Gasteiger partial charge in [-0.1, -0.05) is 6.92 Å². The van der Waals surface area contributed by atoms with Crippen LogP contribution in [0.1, 0.15) is 26.2 Å². The van der Waals surface area contributed by atoms with Crippen LogP contribution in [-0.2, 0) is 4.79 Å². The summed E-state index contributed by atoms with van der Waals surface area (Å²) >= 11 is 0. The minimum Gasteiger partial charge on any atom is -0.341 e. The largest absolute Gasteiger partial charge is 0.341 e. The zero-order chi connectivity index (χ0) is 11.5. The molecule has 0 bridgehead atoms. The Morgan fingerprint density at radius 3 is 2.69 bits per heavy atom. The standard InChI is InChI=1S/C12H23N3O/c1-10(8-13)12(16)15-7-4-11(9-15)14-5-2-3-6-14/h10-11H,2-9,13H2,1H3. The second-order valence-electron chi connectivity index (χ2n) is 5.11. The average molecular weight is 225 g/mol. The van der Waals surface area contributed by atoms with Crippen LogP contribution < -0.4 is 5.73 Å². The van der Waals surface area contributed by atoms with Crippen molar-refractivity contribution in [2.24, 2.45) is 11.7 Å². The summed E-state index contributed by atoms with van der Waals surface area (Å²) in [5.74, 6) is 0.224. The van der Waals surface area contributed by atoms with Crippen molar-refractivity contribution < 1.29 is 4.79 Å². The molecule has 0 spiro atoms. The maximum absolute atomic E-state index is 12.0. The molecule has 2 rings (SSSR count). The van der Waals surface area contributed by atoms with E-state index >= 15 is 0 Å². The Hall–Kier alpha value is -0.610. The van der Waals surface area contributed by atoms with Gasteiger partial charge in [0.25, 0.3) is 0 Å². The first-order valence-electron chi connectivity index (χ1n) is 6.45. The van der Waals surface area contributed by atoms with E-state index in [9.17, 15) is 4.79 Å². The van der Waals surface area contributed by atoms with E-state index in [4.69, 9.17) is 5.73 Å². The second kappa shape index (κ2) is 5.15. The molecule has 4 heteroatoms. The fourth-order valence-corrected chi connectivity index (χ4v) is 2.76. The third kappa shape index (κ3) is 2.38. The van der Waals surface area contributed by atoms with Crippen LogP contribution in [0.2, 0.25) is 0 Å². The van der Waals surface area contributed by atoms with E-state index < -0.39 is 0 Å². The van der Waals surface area contributed by atoms with Crippen molar-refractivity contribution >= 4 is 5.91 Å². The molecule has 2 aliphatic heterocycles. The quantitative estimate of drug-likeness (QED) is 0.750. The lowest BCUT2D eigenvalue weighted by Crippen LogP contribution is -2.40. The summed E-state index contributed by atoms with van der Waals surface area (Å²) in [4.78, 5) is 16.5. The number of nitrogens with two attached hydrogens (primary N) is 1. The van der Waals surface area contributed by atoms with Gasteiger partial charge in [-0.15, -0.1) is 0 Å². The highest BCUT2D eigenvalue weighted by molar-refractivity contribution is 5.79. The zero-order valence-corrected chi connectivity index (χ0v) is 10.2. The molecule has 0 aromatic carbocycles. The van der Waals surface area contributed by atoms with Gasteiger partial charge in [0, 0.05) is 31.6 Å². The van der Waals surface area contributed by atoms with Crippen LogP contribution in [0.4, 0.5) is 0 Å². The first-order valence-corrected chi connectivity index (χ1v) is 6.45. The fraction of sp³-hybridized carbons (Fsp3) is 0.917. The minimum absolute atomic E-state index is 0.0164. The molecule has 0 aliphatic carbocycles. The van der Waals surface area contributed by atoms with Crippen LogP contribution in [0.3, 0.4) is 0 Å². The van der Waals surface area contributed by atoms with E-state index in [1.807, 2.05) is 11.8 Å². The molecule has 0 radical (unpaired) electrons. The summed E-state index contributed by atoms with van der Waals surface area (Å²) in [5.41, 5.74) is 5.54. The van der Waals surface area contributed by atoms with E-state index in [1.165, 1.54) is 25.9 Å². The lowest BCUT2D eigenvalue weighted by Gasteiger charge is -2.24. The highest BCUT2D eigenvalue weighted by Gasteiger charge is 2.32. The van der Waals surface area contributed by atoms with Gasteiger partial charge in [-0.2, -0.15) is 0 Å². The lowest BCUT2D eigenvalue weighted by atomic mass is 10.1. The van der Waals surface area contributed by atoms with Crippen molar-refractivity contribution in [1.82, 2.24) is 9.80 Å². The van der Waals surface area contributed by atoms with E-state index in [1.54, 1.807) is 0 Å². The summed E-state index contributed by atoms with van der Waals surface area (Å²) in [5, 5.41) is 0. The number of rotatable bonds is 3. The molecule has 0 aromatic rings. The number of nitrogens with zero attached hydrogens (tertiary/aromatic N) is 2. The molecule has 0 saturated carbocycles. The Morgan fingerprint density at radius 2 is 2.06 bits per heavy atom. The number of carbonyl (C=O) groups is 1. The molecular weight excluding hydrogens is 202 g/mol. The van der Waals surface area contributed by atoms with Crippen LogP contribution in [0.15, 0.2) is 0 Å². The number of likely N-dealkylation sites (tertiary alicyclic amines) is 2. The molecule has 2 unspecified atom stereocenters. The summed E-state index contributed by atoms with van der Waals surface area (Å²) in [7, 11) is 0. The van der Waals surface area contributed by atoms with Crippen molar-refractivity contribution in [1.29, 1.82) is 0 Å². The molecule has 2 fully saturated rings. The number of hydrogen-bond donors (Lipinski definition) is 1. The van der Waals surface area contributed by atoms with Crippen LogP contribution >= 0.6 is 0 Å². The second-order valence-corrected chi connectivity index (χ2v) is 5.11. The monoisotopic (exact) mass is 225 g/mol. The van der Waals surface area contributed by atoms with Gasteiger partial charge in [0.2, 0.25) is 5.91 Å². The van der Waals surface area contributed by atoms with Crippen molar-refractivity contribution in [3.05, 3.63) is 0 Å². The fourth-order valence-electron chi connectivity index (χ4n) is 2.76. The molecule has 16 heavy (non-hydrogen) atoms. The van der Waals surface area contributed by atoms with Crippen molar-refractivity contribution in [2.75, 3.05) is 32.7 Å². The van der Waals surface area contributed by atoms with Crippen LogP contribution in [0.5, 0.6) is 0 Å². The minimum atomic E-state index is -0.0164. The summed E-state index contributed by atoms with van der Waals surface area (Å²) in [6.07, 6.45) is 3.79. The van der Waals surface area contributed by atoms with Crippen LogP contribution in [0, 0.1) is 5.92 Å². The van der Waals surface area contributed by atoms with Gasteiger partial charge >= 0.3 is 0 Å². The molecule has 2 aliphatic rings. The van der Waals surface area contributed by atoms with Gasteiger partial charge < -0.3 is 10.6 Å². The Balaban J connectivity index is 1.85. The van der Waals surface area contributed by atoms with Crippen molar-refractivity contribution in [3.8, 4) is 0 Å². The Morgan fingerprint density at radius 1 is 1.38 bits per heavy atom. The smallest absolute Gasteiger partial charge is 0.226 e. The molecular formula is C12H23N3O. The lowest BCUT2D eigenvalue weighted by molar-refractivity contribution is -0.133. The molecule has 1 amide bonds. The molecule has 92 valence electrons. The number of hydrogen-bond acceptors (Lipinski definition) is 3. The summed E-state index contributed by atoms with van der Waals surface area (Å²) in [6, 6.07) is 0.608. The zero-order valence-electron chi connectivity index (χ0n) is 10.2. The molecule has 0 aromatic heterocycles. The maximum atomic E-state index is 12.0. The molecule has 4 nitrogen and oxygen atoms in total. The molecule has 2 N–H and O–H groups in total. The molecule has 2 heterocycles. The Kier molecular flexibility index (Phi) is 3.82. The first kappa shape index (κ1) is 11.9. The van der Waals surface area contributed by atoms with Crippen molar-refractivity contribution in [2.45, 2.75) is 32.2 Å². The van der Waals surface area contributed by atoms with Gasteiger partial charge in [-0.05, 0) is 32.4 Å². The predicted molar refractivity (Wildman–Crippen MR) is 64.0 cm³/mol. The third-order valence-electron chi connectivity index (χ3n) is 3.91. The Bertz CT molecular complexity index is 251. The third-order valence-corrected chi connectivity index (χ3v) is 3.91. The van der Waals surface area contributed by atoms with Gasteiger partial charge in [0.15, 0.2) is 0 Å². The Labute approximate surface area is 97.8 Å². The highest BCUT2D eigenvalue weighted by Crippen LogP contribution is 2.21. The topological polar surface area (TPSA) is 49.6 Å². The van der Waals surface area contributed by atoms with Gasteiger partial charge in [-0.25, -0.2) is 0 Å². The summed E-state index contributed by atoms with van der Waals surface area (Å²) in [6.45, 7) is 6.67. The summed E-state index contributed by atoms with van der Waals surface area (Å²) < 4.78 is 0. The van der Waals surface area contributed by atoms with E-state index in [0.29, 0.717) is 12.6 Å². The van der Waals surface area contributed by atoms with Gasteiger partial charge in [-0.3, -0.25) is 9.69 Å². The van der Waals surface area contributed by atoms with Crippen LogP contribution in [-0.4, -0.2) is 54.5 Å². The maximum Gasteiger partial charge on any atom is 0.226 e. The normalized spacial score (nSPS) is 28.6. The van der Waals surface area contributed by atoms with Gasteiger partial charge in [0.1, 0.15) is 0 Å².